The highest BCUT2D eigenvalue weighted by Gasteiger charge is 2.29. The number of hydrogen-bond acceptors (Lipinski definition) is 3. The summed E-state index contributed by atoms with van der Waals surface area (Å²) in [6, 6.07) is 0.508. The molecule has 0 bridgehead atoms. The summed E-state index contributed by atoms with van der Waals surface area (Å²) in [5.74, 6) is 2.90. The van der Waals surface area contributed by atoms with E-state index in [2.05, 4.69) is 26.1 Å². The summed E-state index contributed by atoms with van der Waals surface area (Å²) in [5.41, 5.74) is -0.438. The second-order valence-electron chi connectivity index (χ2n) is 4.89. The fraction of sp³-hybridized carbons (Fsp3) is 1.00. The number of hydrogen-bond donors (Lipinski definition) is 2. The van der Waals surface area contributed by atoms with Gasteiger partial charge in [-0.25, -0.2) is 0 Å². The second-order valence-corrected chi connectivity index (χ2v) is 6.12. The quantitative estimate of drug-likeness (QED) is 0.761. The van der Waals surface area contributed by atoms with E-state index in [1.165, 1.54) is 6.42 Å². The predicted molar refractivity (Wildman–Crippen MR) is 68.4 cm³/mol. The van der Waals surface area contributed by atoms with Gasteiger partial charge in [-0.2, -0.15) is 11.8 Å². The van der Waals surface area contributed by atoms with Gasteiger partial charge in [-0.3, -0.25) is 0 Å². The molecule has 0 aromatic heterocycles. The molecule has 1 heterocycles. The zero-order valence-electron chi connectivity index (χ0n) is 10.3. The third-order valence-corrected chi connectivity index (χ3v) is 4.66. The second kappa shape index (κ2) is 6.12. The van der Waals surface area contributed by atoms with Crippen molar-refractivity contribution in [1.82, 2.24) is 5.32 Å². The van der Waals surface area contributed by atoms with Gasteiger partial charge < -0.3 is 10.4 Å². The molecule has 2 N–H and O–H groups in total. The minimum Gasteiger partial charge on any atom is -0.389 e. The maximum atomic E-state index is 10.3. The molecule has 2 unspecified atom stereocenters. The van der Waals surface area contributed by atoms with Crippen LogP contribution in [-0.2, 0) is 0 Å². The zero-order chi connectivity index (χ0) is 11.3. The van der Waals surface area contributed by atoms with E-state index in [0.29, 0.717) is 12.0 Å². The fourth-order valence-corrected chi connectivity index (χ4v) is 3.09. The largest absolute Gasteiger partial charge is 0.389 e. The predicted octanol–water partition coefficient (Wildman–Crippen LogP) is 2.27. The molecule has 0 aromatic carbocycles. The first-order valence-corrected chi connectivity index (χ1v) is 7.26. The van der Waals surface area contributed by atoms with E-state index in [1.807, 2.05) is 11.8 Å². The highest BCUT2D eigenvalue weighted by atomic mass is 32.2. The van der Waals surface area contributed by atoms with Crippen LogP contribution in [0.2, 0.25) is 0 Å². The molecule has 3 heteroatoms. The van der Waals surface area contributed by atoms with Crippen molar-refractivity contribution < 1.29 is 5.11 Å². The normalized spacial score (nSPS) is 24.8. The highest BCUT2D eigenvalue weighted by molar-refractivity contribution is 7.99. The average molecular weight is 231 g/mol. The van der Waals surface area contributed by atoms with Crippen molar-refractivity contribution >= 4 is 11.8 Å². The van der Waals surface area contributed by atoms with Crippen molar-refractivity contribution in [2.24, 2.45) is 5.92 Å². The Morgan fingerprint density at radius 2 is 1.93 bits per heavy atom. The van der Waals surface area contributed by atoms with E-state index < -0.39 is 5.60 Å². The van der Waals surface area contributed by atoms with Crippen molar-refractivity contribution in [3.8, 4) is 0 Å². The highest BCUT2D eigenvalue weighted by Crippen LogP contribution is 2.26. The van der Waals surface area contributed by atoms with Crippen molar-refractivity contribution in [3.63, 3.8) is 0 Å². The molecule has 2 atom stereocenters. The molecule has 2 nitrogen and oxygen atoms in total. The third kappa shape index (κ3) is 4.33. The zero-order valence-corrected chi connectivity index (χ0v) is 11.1. The van der Waals surface area contributed by atoms with Gasteiger partial charge in [0.15, 0.2) is 0 Å². The van der Waals surface area contributed by atoms with E-state index in [4.69, 9.17) is 0 Å². The van der Waals surface area contributed by atoms with Crippen LogP contribution in [0.25, 0.3) is 0 Å². The van der Waals surface area contributed by atoms with Gasteiger partial charge in [-0.15, -0.1) is 0 Å². The van der Waals surface area contributed by atoms with Crippen LogP contribution >= 0.6 is 11.8 Å². The van der Waals surface area contributed by atoms with E-state index in [1.54, 1.807) is 0 Å². The van der Waals surface area contributed by atoms with Gasteiger partial charge in [-0.1, -0.05) is 20.3 Å². The topological polar surface area (TPSA) is 32.3 Å². The lowest BCUT2D eigenvalue weighted by atomic mass is 9.94. The maximum absolute atomic E-state index is 10.3. The Morgan fingerprint density at radius 3 is 2.47 bits per heavy atom. The molecule has 1 fully saturated rings. The first-order chi connectivity index (χ1) is 7.07. The summed E-state index contributed by atoms with van der Waals surface area (Å²) >= 11 is 1.95. The Labute approximate surface area is 98.2 Å². The summed E-state index contributed by atoms with van der Waals surface area (Å²) in [4.78, 5) is 0. The van der Waals surface area contributed by atoms with Crippen molar-refractivity contribution in [1.29, 1.82) is 0 Å². The molecule has 0 aromatic rings. The Kier molecular flexibility index (Phi) is 5.44. The van der Waals surface area contributed by atoms with E-state index in [9.17, 15) is 5.11 Å². The van der Waals surface area contributed by atoms with Crippen molar-refractivity contribution in [3.05, 3.63) is 0 Å². The lowest BCUT2D eigenvalue weighted by Gasteiger charge is -2.34. The van der Waals surface area contributed by atoms with Gasteiger partial charge in [0.2, 0.25) is 0 Å². The number of thioether (sulfide) groups is 1. The number of nitrogens with one attached hydrogen (secondary N) is 1. The van der Waals surface area contributed by atoms with Gasteiger partial charge in [-0.05, 0) is 37.2 Å². The maximum Gasteiger partial charge on any atom is 0.0787 e. The molecule has 1 rings (SSSR count). The van der Waals surface area contributed by atoms with Gasteiger partial charge in [0.1, 0.15) is 0 Å². The van der Waals surface area contributed by atoms with Gasteiger partial charge >= 0.3 is 0 Å². The SMILES string of the molecule is CCC(C)C(C)NCC1(O)CCSCC1. The van der Waals surface area contributed by atoms with Crippen LogP contribution in [0.1, 0.15) is 40.0 Å². The van der Waals surface area contributed by atoms with Crippen LogP contribution in [0.5, 0.6) is 0 Å². The van der Waals surface area contributed by atoms with Crippen molar-refractivity contribution in [2.45, 2.75) is 51.7 Å². The molecular formula is C12H25NOS. The summed E-state index contributed by atoms with van der Waals surface area (Å²) in [6.07, 6.45) is 3.08. The van der Waals surface area contributed by atoms with E-state index in [-0.39, 0.29) is 0 Å². The monoisotopic (exact) mass is 231 g/mol. The standard InChI is InChI=1S/C12H25NOS/c1-4-10(2)11(3)13-9-12(14)5-7-15-8-6-12/h10-11,13-14H,4-9H2,1-3H3. The van der Waals surface area contributed by atoms with Crippen molar-refractivity contribution in [2.75, 3.05) is 18.1 Å². The first-order valence-electron chi connectivity index (χ1n) is 6.11. The average Bonchev–Trinajstić information content (AvgIpc) is 2.26. The van der Waals surface area contributed by atoms with Crippen LogP contribution in [0.4, 0.5) is 0 Å². The van der Waals surface area contributed by atoms with Gasteiger partial charge in [0, 0.05) is 12.6 Å². The fourth-order valence-electron chi connectivity index (χ4n) is 1.83. The summed E-state index contributed by atoms with van der Waals surface area (Å²) in [6.45, 7) is 7.46. The molecule has 0 radical (unpaired) electrons. The molecule has 0 spiro atoms. The Balaban J connectivity index is 2.28. The smallest absolute Gasteiger partial charge is 0.0787 e. The minimum atomic E-state index is -0.438. The molecule has 1 aliphatic rings. The molecule has 0 saturated carbocycles. The molecule has 0 amide bonds. The minimum absolute atomic E-state index is 0.438. The van der Waals surface area contributed by atoms with Crippen LogP contribution in [-0.4, -0.2) is 34.8 Å². The number of aliphatic hydroxyl groups is 1. The molecule has 90 valence electrons. The van der Waals surface area contributed by atoms with E-state index >= 15 is 0 Å². The Bertz CT molecular complexity index is 180. The summed E-state index contributed by atoms with van der Waals surface area (Å²) in [5, 5.41) is 13.8. The summed E-state index contributed by atoms with van der Waals surface area (Å²) in [7, 11) is 0. The molecule has 1 aliphatic heterocycles. The molecule has 1 saturated heterocycles. The Hall–Kier alpha value is 0.270. The lowest BCUT2D eigenvalue weighted by Crippen LogP contribution is -2.47. The molecular weight excluding hydrogens is 206 g/mol. The molecule has 0 aliphatic carbocycles. The van der Waals surface area contributed by atoms with Crippen LogP contribution in [0, 0.1) is 5.92 Å². The van der Waals surface area contributed by atoms with Crippen LogP contribution < -0.4 is 5.32 Å². The third-order valence-electron chi connectivity index (χ3n) is 3.67. The van der Waals surface area contributed by atoms with Gasteiger partial charge in [0.05, 0.1) is 5.60 Å². The van der Waals surface area contributed by atoms with Gasteiger partial charge in [0.25, 0.3) is 0 Å². The summed E-state index contributed by atoms with van der Waals surface area (Å²) < 4.78 is 0. The molecule has 15 heavy (non-hydrogen) atoms. The van der Waals surface area contributed by atoms with Crippen LogP contribution in [0.15, 0.2) is 0 Å². The number of rotatable bonds is 5. The van der Waals surface area contributed by atoms with Crippen LogP contribution in [0.3, 0.4) is 0 Å². The Morgan fingerprint density at radius 1 is 1.33 bits per heavy atom. The lowest BCUT2D eigenvalue weighted by molar-refractivity contribution is 0.0284. The first kappa shape index (κ1) is 13.3. The van der Waals surface area contributed by atoms with E-state index in [0.717, 1.165) is 30.9 Å².